The van der Waals surface area contributed by atoms with Crippen LogP contribution in [0.2, 0.25) is 0 Å². The molecule has 1 heterocycles. The van der Waals surface area contributed by atoms with Crippen LogP contribution >= 0.6 is 0 Å². The molecule has 0 aromatic rings. The van der Waals surface area contributed by atoms with Crippen molar-refractivity contribution in [1.29, 1.82) is 0 Å². The van der Waals surface area contributed by atoms with Gasteiger partial charge >= 0.3 is 0 Å². The van der Waals surface area contributed by atoms with Crippen molar-refractivity contribution >= 4 is 0 Å². The first-order chi connectivity index (χ1) is 8.24. The maximum atomic E-state index is 6.32. The highest BCUT2D eigenvalue weighted by Crippen LogP contribution is 2.38. The Kier molecular flexibility index (Phi) is 5.22. The molecule has 3 nitrogen and oxygen atoms in total. The van der Waals surface area contributed by atoms with Gasteiger partial charge in [0.2, 0.25) is 0 Å². The highest BCUT2D eigenvalue weighted by Gasteiger charge is 2.43. The molecule has 108 valence electrons. The normalized spacial score (nSPS) is 25.3. The Morgan fingerprint density at radius 3 is 1.89 bits per heavy atom. The first-order valence-corrected chi connectivity index (χ1v) is 7.45. The number of rotatable bonds is 5. The highest BCUT2D eigenvalue weighted by molar-refractivity contribution is 4.93. The van der Waals surface area contributed by atoms with Gasteiger partial charge in [-0.05, 0) is 67.0 Å². The Hall–Kier alpha value is -0.120. The van der Waals surface area contributed by atoms with E-state index in [4.69, 9.17) is 4.84 Å². The van der Waals surface area contributed by atoms with Gasteiger partial charge in [0.05, 0.1) is 0 Å². The van der Waals surface area contributed by atoms with E-state index in [1.54, 1.807) is 0 Å². The summed E-state index contributed by atoms with van der Waals surface area (Å²) in [5.41, 5.74) is 0.256. The summed E-state index contributed by atoms with van der Waals surface area (Å²) in [6.45, 7) is 17.8. The molecular weight excluding hydrogens is 224 g/mol. The van der Waals surface area contributed by atoms with Gasteiger partial charge < -0.3 is 0 Å². The average Bonchev–Trinajstić information content (AvgIpc) is 2.25. The van der Waals surface area contributed by atoms with Crippen molar-refractivity contribution in [3.8, 4) is 0 Å². The van der Waals surface area contributed by atoms with Crippen LogP contribution in [-0.4, -0.2) is 40.4 Å². The summed E-state index contributed by atoms with van der Waals surface area (Å²) in [7, 11) is 0. The van der Waals surface area contributed by atoms with Crippen molar-refractivity contribution in [2.24, 2.45) is 0 Å². The van der Waals surface area contributed by atoms with Gasteiger partial charge in [-0.15, -0.1) is 0 Å². The quantitative estimate of drug-likeness (QED) is 0.698. The van der Waals surface area contributed by atoms with E-state index in [1.165, 1.54) is 19.3 Å². The third kappa shape index (κ3) is 3.46. The first kappa shape index (κ1) is 15.9. The van der Waals surface area contributed by atoms with E-state index < -0.39 is 0 Å². The first-order valence-electron chi connectivity index (χ1n) is 7.45. The van der Waals surface area contributed by atoms with Crippen LogP contribution in [0.4, 0.5) is 0 Å². The Bertz CT molecular complexity index is 243. The lowest BCUT2D eigenvalue weighted by Gasteiger charge is -2.52. The lowest BCUT2D eigenvalue weighted by molar-refractivity contribution is -0.324. The lowest BCUT2D eigenvalue weighted by Crippen LogP contribution is -2.60. The molecule has 0 amide bonds. The number of nitrogens with zero attached hydrogens (tertiary/aromatic N) is 2. The summed E-state index contributed by atoms with van der Waals surface area (Å²) >= 11 is 0. The molecule has 1 fully saturated rings. The molecule has 0 spiro atoms. The molecule has 0 radical (unpaired) electrons. The predicted octanol–water partition coefficient (Wildman–Crippen LogP) is 3.65. The van der Waals surface area contributed by atoms with E-state index in [9.17, 15) is 0 Å². The molecule has 1 rings (SSSR count). The third-order valence-electron chi connectivity index (χ3n) is 4.26. The Balaban J connectivity index is 2.78. The second-order valence-electron chi connectivity index (χ2n) is 6.70. The van der Waals surface area contributed by atoms with Crippen LogP contribution in [-0.2, 0) is 4.84 Å². The van der Waals surface area contributed by atoms with Gasteiger partial charge in [-0.3, -0.25) is 9.74 Å². The van der Waals surface area contributed by atoms with E-state index >= 15 is 0 Å². The van der Waals surface area contributed by atoms with E-state index in [-0.39, 0.29) is 17.3 Å². The molecule has 1 unspecified atom stereocenters. The minimum absolute atomic E-state index is 0.128. The Labute approximate surface area is 113 Å². The van der Waals surface area contributed by atoms with Crippen molar-refractivity contribution in [1.82, 2.24) is 9.96 Å². The molecule has 0 aromatic carbocycles. The number of piperidine rings is 1. The smallest absolute Gasteiger partial charge is 0.129 e. The molecule has 18 heavy (non-hydrogen) atoms. The van der Waals surface area contributed by atoms with Crippen LogP contribution in [0.25, 0.3) is 0 Å². The van der Waals surface area contributed by atoms with Crippen molar-refractivity contribution in [2.75, 3.05) is 13.1 Å². The molecule has 0 aromatic heterocycles. The maximum Gasteiger partial charge on any atom is 0.129 e. The van der Waals surface area contributed by atoms with Crippen molar-refractivity contribution in [2.45, 2.75) is 85.0 Å². The minimum atomic E-state index is 0.128. The van der Waals surface area contributed by atoms with Crippen LogP contribution in [0.3, 0.4) is 0 Å². The van der Waals surface area contributed by atoms with Gasteiger partial charge in [-0.1, -0.05) is 13.8 Å². The van der Waals surface area contributed by atoms with E-state index in [1.807, 2.05) is 0 Å². The van der Waals surface area contributed by atoms with Gasteiger partial charge in [0.25, 0.3) is 0 Å². The van der Waals surface area contributed by atoms with E-state index in [0.29, 0.717) is 0 Å². The Morgan fingerprint density at radius 2 is 1.50 bits per heavy atom. The van der Waals surface area contributed by atoms with Crippen LogP contribution < -0.4 is 0 Å². The van der Waals surface area contributed by atoms with Crippen LogP contribution in [0, 0.1) is 0 Å². The molecular formula is C15H32N2O. The fourth-order valence-corrected chi connectivity index (χ4v) is 3.22. The summed E-state index contributed by atoms with van der Waals surface area (Å²) in [5.74, 6) is 0. The summed E-state index contributed by atoms with van der Waals surface area (Å²) in [4.78, 5) is 8.67. The average molecular weight is 256 g/mol. The topological polar surface area (TPSA) is 15.7 Å². The van der Waals surface area contributed by atoms with Crippen LogP contribution in [0.1, 0.15) is 67.7 Å². The second kappa shape index (κ2) is 5.89. The zero-order chi connectivity index (χ0) is 14.0. The largest absolute Gasteiger partial charge is 0.279 e. The van der Waals surface area contributed by atoms with Gasteiger partial charge in [-0.25, -0.2) is 0 Å². The zero-order valence-electron chi connectivity index (χ0n) is 13.4. The van der Waals surface area contributed by atoms with Gasteiger partial charge in [0.15, 0.2) is 0 Å². The number of hydrogen-bond acceptors (Lipinski definition) is 3. The van der Waals surface area contributed by atoms with Crippen molar-refractivity contribution in [3.63, 3.8) is 0 Å². The molecule has 0 aliphatic carbocycles. The SMILES string of the molecule is CCN(CC)C(C)ON1C(C)(C)CCCC1(C)C. The van der Waals surface area contributed by atoms with Gasteiger partial charge in [0.1, 0.15) is 6.23 Å². The molecule has 1 atom stereocenters. The zero-order valence-corrected chi connectivity index (χ0v) is 13.4. The van der Waals surface area contributed by atoms with Crippen molar-refractivity contribution < 1.29 is 4.84 Å². The fraction of sp³-hybridized carbons (Fsp3) is 1.00. The fourth-order valence-electron chi connectivity index (χ4n) is 3.22. The maximum absolute atomic E-state index is 6.32. The monoisotopic (exact) mass is 256 g/mol. The Morgan fingerprint density at radius 1 is 1.06 bits per heavy atom. The molecule has 1 saturated heterocycles. The molecule has 0 saturated carbocycles. The summed E-state index contributed by atoms with van der Waals surface area (Å²) in [6, 6.07) is 0. The van der Waals surface area contributed by atoms with E-state index in [2.05, 4.69) is 58.4 Å². The highest BCUT2D eigenvalue weighted by atomic mass is 16.7. The molecule has 0 bridgehead atoms. The molecule has 0 N–H and O–H groups in total. The number of hydrogen-bond donors (Lipinski definition) is 0. The van der Waals surface area contributed by atoms with Gasteiger partial charge in [-0.2, -0.15) is 5.06 Å². The lowest BCUT2D eigenvalue weighted by atomic mass is 9.82. The molecule has 3 heteroatoms. The van der Waals surface area contributed by atoms with E-state index in [0.717, 1.165) is 13.1 Å². The summed E-state index contributed by atoms with van der Waals surface area (Å²) < 4.78 is 0. The van der Waals surface area contributed by atoms with Crippen LogP contribution in [0.5, 0.6) is 0 Å². The predicted molar refractivity (Wildman–Crippen MR) is 77.3 cm³/mol. The second-order valence-corrected chi connectivity index (χ2v) is 6.70. The molecule has 1 aliphatic rings. The summed E-state index contributed by atoms with van der Waals surface area (Å²) in [5, 5.41) is 2.26. The van der Waals surface area contributed by atoms with Gasteiger partial charge in [0, 0.05) is 11.1 Å². The van der Waals surface area contributed by atoms with Crippen molar-refractivity contribution in [3.05, 3.63) is 0 Å². The standard InChI is InChI=1S/C15H32N2O/c1-8-16(9-2)13(3)18-17-14(4,5)11-10-12-15(17,6)7/h13H,8-12H2,1-7H3. The summed E-state index contributed by atoms with van der Waals surface area (Å²) in [6.07, 6.45) is 3.86. The third-order valence-corrected chi connectivity index (χ3v) is 4.26. The molecule has 1 aliphatic heterocycles. The van der Waals surface area contributed by atoms with Crippen LogP contribution in [0.15, 0.2) is 0 Å². The minimum Gasteiger partial charge on any atom is -0.279 e. The number of hydroxylamine groups is 2.